The summed E-state index contributed by atoms with van der Waals surface area (Å²) >= 11 is 0. The zero-order valence-corrected chi connectivity index (χ0v) is 11.1. The van der Waals surface area contributed by atoms with Gasteiger partial charge in [-0.15, -0.1) is 0 Å². The van der Waals surface area contributed by atoms with Gasteiger partial charge in [-0.2, -0.15) is 0 Å². The molecule has 0 saturated heterocycles. The standard InChI is InChI=1S/C13H12F2N2O2S/c14-11-5-2-6-12(13(11)15)17-20(18,19)8-9-3-1-4-10(16)7-9/h1-7,17H,8,16H2. The number of benzene rings is 2. The zero-order chi connectivity index (χ0) is 14.8. The lowest BCUT2D eigenvalue weighted by Gasteiger charge is -2.09. The quantitative estimate of drug-likeness (QED) is 0.852. The van der Waals surface area contributed by atoms with Crippen LogP contribution in [0.25, 0.3) is 0 Å². The molecule has 0 bridgehead atoms. The summed E-state index contributed by atoms with van der Waals surface area (Å²) in [5.74, 6) is -2.73. The first kappa shape index (κ1) is 14.3. The van der Waals surface area contributed by atoms with Crippen LogP contribution in [-0.4, -0.2) is 8.42 Å². The van der Waals surface area contributed by atoms with Crippen molar-refractivity contribution in [3.8, 4) is 0 Å². The smallest absolute Gasteiger partial charge is 0.237 e. The summed E-state index contributed by atoms with van der Waals surface area (Å²) in [6.07, 6.45) is 0. The Morgan fingerprint density at radius 2 is 1.80 bits per heavy atom. The van der Waals surface area contributed by atoms with E-state index in [-0.39, 0.29) is 5.75 Å². The first-order valence-corrected chi connectivity index (χ1v) is 7.31. The summed E-state index contributed by atoms with van der Waals surface area (Å²) in [7, 11) is -3.86. The van der Waals surface area contributed by atoms with Crippen LogP contribution in [0.1, 0.15) is 5.56 Å². The average Bonchev–Trinajstić information content (AvgIpc) is 2.34. The third-order valence-corrected chi connectivity index (χ3v) is 3.77. The Balaban J connectivity index is 2.21. The maximum atomic E-state index is 13.4. The van der Waals surface area contributed by atoms with Gasteiger partial charge in [0.2, 0.25) is 10.0 Å². The van der Waals surface area contributed by atoms with Crippen LogP contribution in [-0.2, 0) is 15.8 Å². The van der Waals surface area contributed by atoms with Crippen molar-refractivity contribution >= 4 is 21.4 Å². The van der Waals surface area contributed by atoms with Crippen LogP contribution in [0, 0.1) is 11.6 Å². The Morgan fingerprint density at radius 3 is 2.50 bits per heavy atom. The summed E-state index contributed by atoms with van der Waals surface area (Å²) in [5, 5.41) is 0. The number of nitrogen functional groups attached to an aromatic ring is 1. The fraction of sp³-hybridized carbons (Fsp3) is 0.0769. The molecule has 0 amide bonds. The highest BCUT2D eigenvalue weighted by Gasteiger charge is 2.16. The van der Waals surface area contributed by atoms with Crippen LogP contribution in [0.4, 0.5) is 20.2 Å². The Kier molecular flexibility index (Phi) is 3.89. The zero-order valence-electron chi connectivity index (χ0n) is 10.3. The average molecular weight is 298 g/mol. The first-order valence-electron chi connectivity index (χ1n) is 5.66. The number of halogens is 2. The van der Waals surface area contributed by atoms with Crippen LogP contribution in [0.2, 0.25) is 0 Å². The Morgan fingerprint density at radius 1 is 1.10 bits per heavy atom. The predicted molar refractivity (Wildman–Crippen MR) is 73.5 cm³/mol. The normalized spacial score (nSPS) is 11.3. The molecule has 0 aliphatic carbocycles. The number of hydrogen-bond donors (Lipinski definition) is 2. The molecule has 106 valence electrons. The van der Waals surface area contributed by atoms with Crippen molar-refractivity contribution in [1.29, 1.82) is 0 Å². The third-order valence-electron chi connectivity index (χ3n) is 2.52. The molecule has 0 atom stereocenters. The Hall–Kier alpha value is -2.15. The van der Waals surface area contributed by atoms with Crippen LogP contribution in [0.3, 0.4) is 0 Å². The molecule has 4 nitrogen and oxygen atoms in total. The monoisotopic (exact) mass is 298 g/mol. The van der Waals surface area contributed by atoms with Gasteiger partial charge in [0.1, 0.15) is 0 Å². The molecule has 0 fully saturated rings. The molecule has 0 radical (unpaired) electrons. The Bertz CT molecular complexity index is 733. The molecule has 3 N–H and O–H groups in total. The topological polar surface area (TPSA) is 72.2 Å². The number of nitrogens with one attached hydrogen (secondary N) is 1. The molecule has 20 heavy (non-hydrogen) atoms. The fourth-order valence-electron chi connectivity index (χ4n) is 1.69. The van der Waals surface area contributed by atoms with E-state index in [9.17, 15) is 17.2 Å². The molecule has 2 aromatic carbocycles. The number of nitrogens with two attached hydrogens (primary N) is 1. The molecule has 0 saturated carbocycles. The van der Waals surface area contributed by atoms with E-state index in [4.69, 9.17) is 5.73 Å². The van der Waals surface area contributed by atoms with Gasteiger partial charge in [-0.05, 0) is 29.8 Å². The van der Waals surface area contributed by atoms with Crippen molar-refractivity contribution in [2.75, 3.05) is 10.5 Å². The van der Waals surface area contributed by atoms with Crippen molar-refractivity contribution in [2.24, 2.45) is 0 Å². The number of sulfonamides is 1. The molecule has 7 heteroatoms. The van der Waals surface area contributed by atoms with E-state index in [2.05, 4.69) is 0 Å². The molecule has 0 unspecified atom stereocenters. The maximum Gasteiger partial charge on any atom is 0.237 e. The molecule has 0 aliphatic heterocycles. The van der Waals surface area contributed by atoms with Crippen molar-refractivity contribution in [2.45, 2.75) is 5.75 Å². The maximum absolute atomic E-state index is 13.4. The SMILES string of the molecule is Nc1cccc(CS(=O)(=O)Nc2cccc(F)c2F)c1. The minimum atomic E-state index is -3.86. The molecule has 0 aliphatic rings. The number of rotatable bonds is 4. The van der Waals surface area contributed by atoms with Gasteiger partial charge < -0.3 is 5.73 Å². The van der Waals surface area contributed by atoms with E-state index in [1.165, 1.54) is 12.1 Å². The van der Waals surface area contributed by atoms with Crippen LogP contribution in [0.15, 0.2) is 42.5 Å². The first-order chi connectivity index (χ1) is 9.37. The van der Waals surface area contributed by atoms with Crippen LogP contribution < -0.4 is 10.5 Å². The second-order valence-electron chi connectivity index (χ2n) is 4.21. The van der Waals surface area contributed by atoms with Crippen molar-refractivity contribution in [1.82, 2.24) is 0 Å². The van der Waals surface area contributed by atoms with Crippen LogP contribution >= 0.6 is 0 Å². The van der Waals surface area contributed by atoms with E-state index in [0.717, 1.165) is 12.1 Å². The van der Waals surface area contributed by atoms with Gasteiger partial charge in [0.05, 0.1) is 11.4 Å². The predicted octanol–water partition coefficient (Wildman–Crippen LogP) is 2.49. The van der Waals surface area contributed by atoms with Gasteiger partial charge in [-0.25, -0.2) is 17.2 Å². The highest BCUT2D eigenvalue weighted by atomic mass is 32.2. The summed E-state index contributed by atoms with van der Waals surface area (Å²) < 4.78 is 52.2. The highest BCUT2D eigenvalue weighted by molar-refractivity contribution is 7.91. The lowest BCUT2D eigenvalue weighted by molar-refractivity contribution is 0.511. The summed E-state index contributed by atoms with van der Waals surface area (Å²) in [4.78, 5) is 0. The second kappa shape index (κ2) is 5.46. The van der Waals surface area contributed by atoms with Crippen molar-refractivity contribution in [3.63, 3.8) is 0 Å². The molecule has 0 heterocycles. The van der Waals surface area contributed by atoms with E-state index in [1.807, 2.05) is 4.72 Å². The second-order valence-corrected chi connectivity index (χ2v) is 5.93. The largest absolute Gasteiger partial charge is 0.399 e. The van der Waals surface area contributed by atoms with Crippen molar-refractivity contribution in [3.05, 3.63) is 59.7 Å². The van der Waals surface area contributed by atoms with Gasteiger partial charge in [-0.1, -0.05) is 18.2 Å². The minimum Gasteiger partial charge on any atom is -0.399 e. The highest BCUT2D eigenvalue weighted by Crippen LogP contribution is 2.19. The molecule has 0 spiro atoms. The van der Waals surface area contributed by atoms with Gasteiger partial charge in [0.25, 0.3) is 0 Å². The van der Waals surface area contributed by atoms with Gasteiger partial charge >= 0.3 is 0 Å². The number of anilines is 2. The van der Waals surface area contributed by atoms with E-state index < -0.39 is 27.3 Å². The summed E-state index contributed by atoms with van der Waals surface area (Å²) in [6, 6.07) is 9.59. The minimum absolute atomic E-state index is 0.381. The molecule has 2 rings (SSSR count). The van der Waals surface area contributed by atoms with Gasteiger partial charge in [-0.3, -0.25) is 4.72 Å². The van der Waals surface area contributed by atoms with E-state index in [0.29, 0.717) is 11.3 Å². The van der Waals surface area contributed by atoms with E-state index in [1.54, 1.807) is 18.2 Å². The van der Waals surface area contributed by atoms with Crippen molar-refractivity contribution < 1.29 is 17.2 Å². The lowest BCUT2D eigenvalue weighted by Crippen LogP contribution is -2.16. The number of hydrogen-bond acceptors (Lipinski definition) is 3. The summed E-state index contributed by atoms with van der Waals surface area (Å²) in [6.45, 7) is 0. The van der Waals surface area contributed by atoms with Gasteiger partial charge in [0.15, 0.2) is 11.6 Å². The van der Waals surface area contributed by atoms with Crippen LogP contribution in [0.5, 0.6) is 0 Å². The fourth-order valence-corrected chi connectivity index (χ4v) is 2.87. The summed E-state index contributed by atoms with van der Waals surface area (Å²) in [5.41, 5.74) is 6.01. The third kappa shape index (κ3) is 3.45. The molecular weight excluding hydrogens is 286 g/mol. The molecule has 2 aromatic rings. The van der Waals surface area contributed by atoms with Gasteiger partial charge in [0, 0.05) is 5.69 Å². The van der Waals surface area contributed by atoms with E-state index >= 15 is 0 Å². The lowest BCUT2D eigenvalue weighted by atomic mass is 10.2. The Labute approximate surface area is 115 Å². The molecular formula is C13H12F2N2O2S. The molecule has 0 aromatic heterocycles.